The molecule has 7 nitrogen and oxygen atoms in total. The highest BCUT2D eigenvalue weighted by atomic mass is 32.1. The first-order valence-corrected chi connectivity index (χ1v) is 10.5. The fourth-order valence-corrected chi connectivity index (χ4v) is 3.92. The van der Waals surface area contributed by atoms with Gasteiger partial charge in [0.15, 0.2) is 5.13 Å². The molecule has 1 fully saturated rings. The predicted octanol–water partition coefficient (Wildman–Crippen LogP) is 3.37. The third kappa shape index (κ3) is 5.50. The first kappa shape index (κ1) is 20.2. The molecule has 28 heavy (non-hydrogen) atoms. The van der Waals surface area contributed by atoms with E-state index in [1.165, 1.54) is 11.3 Å². The number of nitrogens with zero attached hydrogens (tertiary/aromatic N) is 4. The number of rotatable bonds is 7. The molecule has 0 bridgehead atoms. The van der Waals surface area contributed by atoms with Gasteiger partial charge in [-0.25, -0.2) is 9.97 Å². The molecule has 1 atom stereocenters. The number of aromatic nitrogens is 2. The van der Waals surface area contributed by atoms with Crippen LogP contribution in [0.25, 0.3) is 0 Å². The first-order chi connectivity index (χ1) is 13.5. The zero-order valence-corrected chi connectivity index (χ0v) is 17.1. The summed E-state index contributed by atoms with van der Waals surface area (Å²) in [5, 5.41) is 17.4. The molecule has 2 N–H and O–H groups in total. The molecule has 0 unspecified atom stereocenters. The zero-order valence-electron chi connectivity index (χ0n) is 16.3. The Labute approximate surface area is 169 Å². The van der Waals surface area contributed by atoms with Gasteiger partial charge in [0.05, 0.1) is 12.6 Å². The first-order valence-electron chi connectivity index (χ1n) is 9.62. The van der Waals surface area contributed by atoms with Gasteiger partial charge in [0.25, 0.3) is 5.91 Å². The second kappa shape index (κ2) is 9.62. The topological polar surface area (TPSA) is 93.9 Å². The van der Waals surface area contributed by atoms with Gasteiger partial charge in [-0.05, 0) is 37.4 Å². The number of amides is 1. The normalized spacial score (nSPS) is 17.3. The van der Waals surface area contributed by atoms with Crippen LogP contribution in [0.1, 0.15) is 48.8 Å². The van der Waals surface area contributed by atoms with E-state index in [0.717, 1.165) is 37.4 Å². The summed E-state index contributed by atoms with van der Waals surface area (Å²) in [7, 11) is 0. The number of nitriles is 1. The van der Waals surface area contributed by atoms with Crippen molar-refractivity contribution in [3.63, 3.8) is 0 Å². The third-order valence-electron chi connectivity index (χ3n) is 4.63. The summed E-state index contributed by atoms with van der Waals surface area (Å²) in [5.74, 6) is 1.30. The van der Waals surface area contributed by atoms with Crippen molar-refractivity contribution in [1.29, 1.82) is 5.26 Å². The van der Waals surface area contributed by atoms with Gasteiger partial charge in [0.1, 0.15) is 11.5 Å². The zero-order chi connectivity index (χ0) is 19.9. The van der Waals surface area contributed by atoms with Crippen LogP contribution in [-0.2, 0) is 0 Å². The number of thiazole rings is 1. The minimum absolute atomic E-state index is 0.153. The van der Waals surface area contributed by atoms with Gasteiger partial charge in [-0.2, -0.15) is 5.26 Å². The molecule has 3 heterocycles. The van der Waals surface area contributed by atoms with Crippen LogP contribution in [0.15, 0.2) is 23.6 Å². The molecule has 0 radical (unpaired) electrons. The van der Waals surface area contributed by atoms with Crippen molar-refractivity contribution in [1.82, 2.24) is 20.2 Å². The molecule has 0 aromatic carbocycles. The highest BCUT2D eigenvalue weighted by Gasteiger charge is 2.22. The number of carbonyl (C=O) groups excluding carboxylic acids is 1. The maximum absolute atomic E-state index is 12.1. The van der Waals surface area contributed by atoms with Crippen LogP contribution in [0, 0.1) is 17.2 Å². The summed E-state index contributed by atoms with van der Waals surface area (Å²) in [6, 6.07) is 8.16. The maximum atomic E-state index is 12.1. The van der Waals surface area contributed by atoms with Crippen molar-refractivity contribution in [2.24, 2.45) is 5.92 Å². The lowest BCUT2D eigenvalue weighted by Crippen LogP contribution is -2.34. The van der Waals surface area contributed by atoms with Gasteiger partial charge in [0, 0.05) is 30.1 Å². The van der Waals surface area contributed by atoms with Crippen molar-refractivity contribution in [2.75, 3.05) is 31.5 Å². The Hall–Kier alpha value is -2.50. The van der Waals surface area contributed by atoms with Crippen LogP contribution in [0.3, 0.4) is 0 Å². The molecule has 148 valence electrons. The van der Waals surface area contributed by atoms with Crippen LogP contribution in [0.5, 0.6) is 0 Å². The summed E-state index contributed by atoms with van der Waals surface area (Å²) in [5.41, 5.74) is 1.45. The molecule has 0 spiro atoms. The Balaban J connectivity index is 1.63. The van der Waals surface area contributed by atoms with E-state index < -0.39 is 0 Å². The smallest absolute Gasteiger partial charge is 0.270 e. The van der Waals surface area contributed by atoms with Crippen molar-refractivity contribution in [3.05, 3.63) is 35.0 Å². The fourth-order valence-electron chi connectivity index (χ4n) is 3.22. The van der Waals surface area contributed by atoms with E-state index in [9.17, 15) is 4.79 Å². The molecule has 0 saturated carbocycles. The van der Waals surface area contributed by atoms with E-state index in [4.69, 9.17) is 10.2 Å². The molecule has 2 aromatic heterocycles. The number of nitrogens with one attached hydrogen (secondary N) is 2. The highest BCUT2D eigenvalue weighted by Crippen LogP contribution is 2.27. The molecule has 1 saturated heterocycles. The molecule has 3 rings (SSSR count). The third-order valence-corrected chi connectivity index (χ3v) is 5.39. The molecular formula is C20H26N6OS. The molecule has 0 aliphatic carbocycles. The molecule has 1 aliphatic heterocycles. The average Bonchev–Trinajstić information content (AvgIpc) is 3.15. The Morgan fingerprint density at radius 3 is 3.07 bits per heavy atom. The van der Waals surface area contributed by atoms with Gasteiger partial charge in [-0.15, -0.1) is 11.3 Å². The van der Waals surface area contributed by atoms with Crippen molar-refractivity contribution >= 4 is 28.2 Å². The molecule has 8 heteroatoms. The van der Waals surface area contributed by atoms with Crippen LogP contribution in [0.4, 0.5) is 10.9 Å². The van der Waals surface area contributed by atoms with Gasteiger partial charge in [0.2, 0.25) is 0 Å². The Kier molecular flexibility index (Phi) is 6.95. The number of carbonyl (C=O) groups is 1. The lowest BCUT2D eigenvalue weighted by Gasteiger charge is -2.30. The van der Waals surface area contributed by atoms with E-state index >= 15 is 0 Å². The fraction of sp³-hybridized carbons (Fsp3) is 0.500. The summed E-state index contributed by atoms with van der Waals surface area (Å²) >= 11 is 1.39. The minimum Gasteiger partial charge on any atom is -0.350 e. The van der Waals surface area contributed by atoms with Crippen molar-refractivity contribution in [2.45, 2.75) is 32.6 Å². The second-order valence-corrected chi connectivity index (χ2v) is 8.30. The summed E-state index contributed by atoms with van der Waals surface area (Å²) in [4.78, 5) is 23.4. The van der Waals surface area contributed by atoms with Crippen LogP contribution in [0.2, 0.25) is 0 Å². The predicted molar refractivity (Wildman–Crippen MR) is 111 cm³/mol. The number of likely N-dealkylation sites (tertiary alicyclic amines) is 1. The van der Waals surface area contributed by atoms with Crippen molar-refractivity contribution in [3.8, 4) is 6.07 Å². The lowest BCUT2D eigenvalue weighted by molar-refractivity contribution is 0.0945. The van der Waals surface area contributed by atoms with Gasteiger partial charge < -0.3 is 10.6 Å². The van der Waals surface area contributed by atoms with E-state index in [-0.39, 0.29) is 5.91 Å². The highest BCUT2D eigenvalue weighted by molar-refractivity contribution is 7.14. The standard InChI is InChI=1S/C20H26N6OS/c1-14(2)11-22-19(27)17-13-28-20(24-17)25-18-7-3-6-16(23-18)15-5-4-9-26(12-15)10-8-21/h3,6-7,13-15H,4-5,9-12H2,1-2H3,(H,22,27)(H,23,24,25)/t15-/m1/s1. The van der Waals surface area contributed by atoms with Crippen molar-refractivity contribution < 1.29 is 4.79 Å². The van der Waals surface area contributed by atoms with Gasteiger partial charge >= 0.3 is 0 Å². The Morgan fingerprint density at radius 1 is 1.43 bits per heavy atom. The molecule has 1 amide bonds. The monoisotopic (exact) mass is 398 g/mol. The summed E-state index contributed by atoms with van der Waals surface area (Å²) < 4.78 is 0. The van der Waals surface area contributed by atoms with Crippen LogP contribution < -0.4 is 10.6 Å². The summed E-state index contributed by atoms with van der Waals surface area (Å²) in [6.45, 7) is 7.05. The van der Waals surface area contributed by atoms with E-state index in [1.54, 1.807) is 5.38 Å². The Bertz CT molecular complexity index is 843. The largest absolute Gasteiger partial charge is 0.350 e. The number of hydrogen-bond donors (Lipinski definition) is 2. The number of piperidine rings is 1. The van der Waals surface area contributed by atoms with Gasteiger partial charge in [-0.1, -0.05) is 19.9 Å². The molecule has 1 aliphatic rings. The van der Waals surface area contributed by atoms with E-state index in [2.05, 4.69) is 40.4 Å². The molecular weight excluding hydrogens is 372 g/mol. The minimum atomic E-state index is -0.153. The molecule has 2 aromatic rings. The SMILES string of the molecule is CC(C)CNC(=O)c1csc(Nc2cccc([C@@H]3CCCN(CC#N)C3)n2)n1. The lowest BCUT2D eigenvalue weighted by atomic mass is 9.94. The number of anilines is 2. The van der Waals surface area contributed by atoms with E-state index in [0.29, 0.717) is 35.8 Å². The maximum Gasteiger partial charge on any atom is 0.270 e. The average molecular weight is 399 g/mol. The van der Waals surface area contributed by atoms with Crippen LogP contribution in [-0.4, -0.2) is 47.0 Å². The number of pyridine rings is 1. The number of hydrogen-bond acceptors (Lipinski definition) is 7. The van der Waals surface area contributed by atoms with Crippen LogP contribution >= 0.6 is 11.3 Å². The Morgan fingerprint density at radius 2 is 2.29 bits per heavy atom. The quantitative estimate of drug-likeness (QED) is 0.695. The summed E-state index contributed by atoms with van der Waals surface area (Å²) in [6.07, 6.45) is 2.16. The van der Waals surface area contributed by atoms with Gasteiger partial charge in [-0.3, -0.25) is 9.69 Å². The second-order valence-electron chi connectivity index (χ2n) is 7.45. The van der Waals surface area contributed by atoms with E-state index in [1.807, 2.05) is 18.2 Å².